The minimum absolute atomic E-state index is 0.0497. The monoisotopic (exact) mass is 227 g/mol. The number of rotatable bonds is 2. The number of hydrogen-bond acceptors (Lipinski definition) is 6. The molecule has 0 unspecified atom stereocenters. The second-order valence-electron chi connectivity index (χ2n) is 3.23. The molecule has 0 atom stereocenters. The van der Waals surface area contributed by atoms with Crippen LogP contribution >= 0.6 is 0 Å². The highest BCUT2D eigenvalue weighted by molar-refractivity contribution is 5.41. The maximum atomic E-state index is 8.65. The van der Waals surface area contributed by atoms with E-state index in [2.05, 4.69) is 9.97 Å². The van der Waals surface area contributed by atoms with E-state index in [-0.39, 0.29) is 17.6 Å². The molecule has 84 valence electrons. The van der Waals surface area contributed by atoms with Crippen LogP contribution in [0.25, 0.3) is 0 Å². The number of aromatic nitrogens is 2. The van der Waals surface area contributed by atoms with Crippen molar-refractivity contribution in [2.75, 3.05) is 11.5 Å². The fourth-order valence-electron chi connectivity index (χ4n) is 1.23. The van der Waals surface area contributed by atoms with Gasteiger partial charge in [-0.05, 0) is 24.3 Å². The molecule has 0 aliphatic heterocycles. The van der Waals surface area contributed by atoms with E-state index in [1.807, 2.05) is 6.07 Å². The van der Waals surface area contributed by atoms with Gasteiger partial charge in [0, 0.05) is 6.07 Å². The molecular weight excluding hydrogens is 218 g/mol. The Morgan fingerprint density at radius 1 is 1.12 bits per heavy atom. The van der Waals surface area contributed by atoms with Gasteiger partial charge in [0.2, 0.25) is 11.8 Å². The molecule has 0 radical (unpaired) electrons. The van der Waals surface area contributed by atoms with Gasteiger partial charge in [-0.1, -0.05) is 0 Å². The van der Waals surface area contributed by atoms with Crippen LogP contribution in [0, 0.1) is 11.3 Å². The third-order valence-electron chi connectivity index (χ3n) is 1.95. The summed E-state index contributed by atoms with van der Waals surface area (Å²) in [6.07, 6.45) is 0. The van der Waals surface area contributed by atoms with Gasteiger partial charge in [0.05, 0.1) is 11.6 Å². The lowest BCUT2D eigenvalue weighted by molar-refractivity contribution is 0.463. The molecule has 4 N–H and O–H groups in total. The van der Waals surface area contributed by atoms with Crippen LogP contribution in [0.3, 0.4) is 0 Å². The van der Waals surface area contributed by atoms with Gasteiger partial charge in [0.15, 0.2) is 0 Å². The van der Waals surface area contributed by atoms with Crippen LogP contribution < -0.4 is 16.2 Å². The Morgan fingerprint density at radius 3 is 2.41 bits per heavy atom. The highest BCUT2D eigenvalue weighted by Gasteiger charge is 2.02. The SMILES string of the molecule is N#Cc1ccc(Oc2cc(N)nc(N)n2)cc1. The summed E-state index contributed by atoms with van der Waals surface area (Å²) in [5, 5.41) is 8.65. The van der Waals surface area contributed by atoms with Crippen LogP contribution in [0.1, 0.15) is 5.56 Å². The quantitative estimate of drug-likeness (QED) is 0.799. The van der Waals surface area contributed by atoms with Gasteiger partial charge >= 0.3 is 0 Å². The Kier molecular flexibility index (Phi) is 2.75. The van der Waals surface area contributed by atoms with Gasteiger partial charge in [-0.2, -0.15) is 15.2 Å². The summed E-state index contributed by atoms with van der Waals surface area (Å²) >= 11 is 0. The van der Waals surface area contributed by atoms with Crippen molar-refractivity contribution in [1.29, 1.82) is 5.26 Å². The van der Waals surface area contributed by atoms with Gasteiger partial charge in [-0.3, -0.25) is 0 Å². The zero-order valence-corrected chi connectivity index (χ0v) is 8.79. The average molecular weight is 227 g/mol. The van der Waals surface area contributed by atoms with Crippen LogP contribution in [-0.2, 0) is 0 Å². The first kappa shape index (κ1) is 10.7. The molecule has 0 spiro atoms. The van der Waals surface area contributed by atoms with Gasteiger partial charge < -0.3 is 16.2 Å². The fraction of sp³-hybridized carbons (Fsp3) is 0. The minimum Gasteiger partial charge on any atom is -0.439 e. The van der Waals surface area contributed by atoms with Gasteiger partial charge in [-0.25, -0.2) is 0 Å². The number of nitriles is 1. The summed E-state index contributed by atoms with van der Waals surface area (Å²) in [4.78, 5) is 7.60. The van der Waals surface area contributed by atoms with E-state index in [0.717, 1.165) is 0 Å². The molecule has 2 rings (SSSR count). The molecule has 6 heteroatoms. The lowest BCUT2D eigenvalue weighted by atomic mass is 10.2. The molecule has 1 aromatic carbocycles. The van der Waals surface area contributed by atoms with Crippen LogP contribution in [0.2, 0.25) is 0 Å². The number of benzene rings is 1. The fourth-order valence-corrected chi connectivity index (χ4v) is 1.23. The first-order chi connectivity index (χ1) is 8.17. The van der Waals surface area contributed by atoms with Crippen LogP contribution in [0.5, 0.6) is 11.6 Å². The second-order valence-corrected chi connectivity index (χ2v) is 3.23. The molecule has 0 amide bonds. The predicted octanol–water partition coefficient (Wildman–Crippen LogP) is 1.30. The Hall–Kier alpha value is -2.81. The number of hydrogen-bond donors (Lipinski definition) is 2. The number of nitrogens with zero attached hydrogens (tertiary/aromatic N) is 3. The number of anilines is 2. The van der Waals surface area contributed by atoms with Crippen molar-refractivity contribution in [3.8, 4) is 17.7 Å². The lowest BCUT2D eigenvalue weighted by Gasteiger charge is -2.05. The number of nitrogen functional groups attached to an aromatic ring is 2. The smallest absolute Gasteiger partial charge is 0.226 e. The summed E-state index contributed by atoms with van der Waals surface area (Å²) in [7, 11) is 0. The lowest BCUT2D eigenvalue weighted by Crippen LogP contribution is -2.00. The van der Waals surface area contributed by atoms with Crippen molar-refractivity contribution in [3.05, 3.63) is 35.9 Å². The van der Waals surface area contributed by atoms with Gasteiger partial charge in [0.1, 0.15) is 11.6 Å². The van der Waals surface area contributed by atoms with E-state index < -0.39 is 0 Å². The van der Waals surface area contributed by atoms with Crippen LogP contribution in [-0.4, -0.2) is 9.97 Å². The van der Waals surface area contributed by atoms with Crippen LogP contribution in [0.4, 0.5) is 11.8 Å². The molecule has 0 bridgehead atoms. The molecule has 1 aromatic heterocycles. The summed E-state index contributed by atoms with van der Waals surface area (Å²) in [6.45, 7) is 0. The highest BCUT2D eigenvalue weighted by Crippen LogP contribution is 2.21. The second kappa shape index (κ2) is 4.37. The van der Waals surface area contributed by atoms with E-state index in [9.17, 15) is 0 Å². The molecule has 0 aliphatic rings. The molecule has 17 heavy (non-hydrogen) atoms. The third-order valence-corrected chi connectivity index (χ3v) is 1.95. The molecule has 0 aliphatic carbocycles. The summed E-state index contributed by atoms with van der Waals surface area (Å²) in [6, 6.07) is 10.1. The zero-order chi connectivity index (χ0) is 12.3. The van der Waals surface area contributed by atoms with E-state index in [4.69, 9.17) is 21.5 Å². The highest BCUT2D eigenvalue weighted by atomic mass is 16.5. The molecule has 0 fully saturated rings. The van der Waals surface area contributed by atoms with E-state index in [0.29, 0.717) is 11.3 Å². The van der Waals surface area contributed by atoms with E-state index in [1.54, 1.807) is 24.3 Å². The normalized spacial score (nSPS) is 9.59. The molecular formula is C11H9N5O. The maximum absolute atomic E-state index is 8.65. The first-order valence-electron chi connectivity index (χ1n) is 4.75. The summed E-state index contributed by atoms with van der Waals surface area (Å²) in [5.41, 5.74) is 11.5. The van der Waals surface area contributed by atoms with Crippen LogP contribution in [0.15, 0.2) is 30.3 Å². The largest absolute Gasteiger partial charge is 0.439 e. The molecule has 0 saturated heterocycles. The summed E-state index contributed by atoms with van der Waals surface area (Å²) in [5.74, 6) is 1.09. The molecule has 6 nitrogen and oxygen atoms in total. The van der Waals surface area contributed by atoms with Crippen molar-refractivity contribution in [3.63, 3.8) is 0 Å². The average Bonchev–Trinajstić information content (AvgIpc) is 2.28. The molecule has 1 heterocycles. The van der Waals surface area contributed by atoms with E-state index >= 15 is 0 Å². The van der Waals surface area contributed by atoms with Gasteiger partial charge in [-0.15, -0.1) is 0 Å². The number of ether oxygens (including phenoxy) is 1. The number of nitrogens with two attached hydrogens (primary N) is 2. The first-order valence-corrected chi connectivity index (χ1v) is 4.75. The summed E-state index contributed by atoms with van der Waals surface area (Å²) < 4.78 is 5.42. The van der Waals surface area contributed by atoms with Crippen molar-refractivity contribution >= 4 is 11.8 Å². The Bertz CT molecular complexity index is 553. The van der Waals surface area contributed by atoms with Crippen molar-refractivity contribution in [2.45, 2.75) is 0 Å². The topological polar surface area (TPSA) is 111 Å². The van der Waals surface area contributed by atoms with Gasteiger partial charge in [0.25, 0.3) is 0 Å². The standard InChI is InChI=1S/C11H9N5O/c12-6-7-1-3-8(4-2-7)17-10-5-9(13)15-11(14)16-10/h1-5H,(H4,13,14,15,16). The minimum atomic E-state index is 0.0497. The Balaban J connectivity index is 2.22. The van der Waals surface area contributed by atoms with Crippen molar-refractivity contribution < 1.29 is 4.74 Å². The molecule has 0 saturated carbocycles. The Labute approximate surface area is 97.5 Å². The Morgan fingerprint density at radius 2 is 1.82 bits per heavy atom. The van der Waals surface area contributed by atoms with Crippen molar-refractivity contribution in [2.24, 2.45) is 0 Å². The maximum Gasteiger partial charge on any atom is 0.226 e. The third kappa shape index (κ3) is 2.60. The zero-order valence-electron chi connectivity index (χ0n) is 8.79. The van der Waals surface area contributed by atoms with E-state index in [1.165, 1.54) is 6.07 Å². The molecule has 2 aromatic rings. The predicted molar refractivity (Wildman–Crippen MR) is 62.1 cm³/mol. The van der Waals surface area contributed by atoms with Crippen molar-refractivity contribution in [1.82, 2.24) is 9.97 Å².